The van der Waals surface area contributed by atoms with Crippen LogP contribution in [0.1, 0.15) is 30.4 Å². The predicted octanol–water partition coefficient (Wildman–Crippen LogP) is 2.97. The summed E-state index contributed by atoms with van der Waals surface area (Å²) in [5, 5.41) is 5.78. The number of hydrogen-bond donors (Lipinski definition) is 2. The number of nitrogens with zero attached hydrogens (tertiary/aromatic N) is 1. The van der Waals surface area contributed by atoms with E-state index < -0.39 is 0 Å². The summed E-state index contributed by atoms with van der Waals surface area (Å²) >= 11 is 0. The molecule has 0 aliphatic carbocycles. The molecule has 2 atom stereocenters. The Bertz CT molecular complexity index is 1050. The number of aryl methyl sites for hydroxylation is 2. The molecule has 0 spiro atoms. The summed E-state index contributed by atoms with van der Waals surface area (Å²) in [6, 6.07) is 12.9. The Hall–Kier alpha value is -3.39. The lowest BCUT2D eigenvalue weighted by Gasteiger charge is -2.18. The van der Waals surface area contributed by atoms with Crippen LogP contribution in [0.15, 0.2) is 42.5 Å². The van der Waals surface area contributed by atoms with Gasteiger partial charge in [0.05, 0.1) is 12.0 Å². The monoisotopic (exact) mass is 465 g/mol. The van der Waals surface area contributed by atoms with Crippen molar-refractivity contribution in [2.45, 2.75) is 39.2 Å². The van der Waals surface area contributed by atoms with Crippen molar-refractivity contribution in [2.24, 2.45) is 5.92 Å². The van der Waals surface area contributed by atoms with E-state index in [1.165, 1.54) is 0 Å². The first-order valence-electron chi connectivity index (χ1n) is 11.7. The molecule has 0 unspecified atom stereocenters. The van der Waals surface area contributed by atoms with Gasteiger partial charge in [-0.1, -0.05) is 12.1 Å². The standard InChI is InChI=1S/C26H31N3O5/c1-17-5-6-18(2)23(12-17)28-24(30)16-34-21-9-7-20(8-10-21)29-15-19(13-25(29)31)26(32)27-14-22-4-3-11-33-22/h5-10,12,19,22H,3-4,11,13-16H2,1-2H3,(H,27,32)(H,28,30)/t19-,22+/m0/s1. The second-order valence-corrected chi connectivity index (χ2v) is 8.93. The van der Waals surface area contributed by atoms with E-state index in [2.05, 4.69) is 10.6 Å². The largest absolute Gasteiger partial charge is 0.484 e. The van der Waals surface area contributed by atoms with E-state index in [1.54, 1.807) is 29.2 Å². The maximum Gasteiger partial charge on any atom is 0.262 e. The number of rotatable bonds is 8. The average molecular weight is 466 g/mol. The normalized spacial score (nSPS) is 19.8. The van der Waals surface area contributed by atoms with E-state index in [-0.39, 0.29) is 42.8 Å². The second-order valence-electron chi connectivity index (χ2n) is 8.93. The molecule has 2 aromatic carbocycles. The van der Waals surface area contributed by atoms with Gasteiger partial charge >= 0.3 is 0 Å². The molecular formula is C26H31N3O5. The minimum absolute atomic E-state index is 0.0765. The maximum atomic E-state index is 12.5. The second kappa shape index (κ2) is 10.7. The first-order valence-corrected chi connectivity index (χ1v) is 11.7. The van der Waals surface area contributed by atoms with Crippen LogP contribution >= 0.6 is 0 Å². The van der Waals surface area contributed by atoms with Crippen LogP contribution in [0.2, 0.25) is 0 Å². The molecule has 8 heteroatoms. The SMILES string of the molecule is Cc1ccc(C)c(NC(=O)COc2ccc(N3C[C@@H](C(=O)NC[C@H]4CCCO4)CC3=O)cc2)c1. The summed E-state index contributed by atoms with van der Waals surface area (Å²) in [7, 11) is 0. The minimum atomic E-state index is -0.376. The fourth-order valence-corrected chi connectivity index (χ4v) is 4.22. The Morgan fingerprint density at radius 2 is 1.94 bits per heavy atom. The highest BCUT2D eigenvalue weighted by atomic mass is 16.5. The molecule has 4 rings (SSSR count). The molecule has 3 amide bonds. The summed E-state index contributed by atoms with van der Waals surface area (Å²) in [4.78, 5) is 38.9. The number of nitrogens with one attached hydrogen (secondary N) is 2. The van der Waals surface area contributed by atoms with Crippen LogP contribution in [0.25, 0.3) is 0 Å². The van der Waals surface area contributed by atoms with Crippen molar-refractivity contribution in [1.29, 1.82) is 0 Å². The number of ether oxygens (including phenoxy) is 2. The van der Waals surface area contributed by atoms with Crippen molar-refractivity contribution in [1.82, 2.24) is 5.32 Å². The van der Waals surface area contributed by atoms with Crippen molar-refractivity contribution in [3.63, 3.8) is 0 Å². The van der Waals surface area contributed by atoms with Crippen LogP contribution in [0, 0.1) is 19.8 Å². The number of hydrogen-bond acceptors (Lipinski definition) is 5. The zero-order valence-corrected chi connectivity index (χ0v) is 19.6. The van der Waals surface area contributed by atoms with E-state index in [0.717, 1.165) is 36.3 Å². The van der Waals surface area contributed by atoms with Gasteiger partial charge in [0.15, 0.2) is 6.61 Å². The molecule has 0 bridgehead atoms. The van der Waals surface area contributed by atoms with Gasteiger partial charge in [-0.3, -0.25) is 14.4 Å². The first kappa shape index (κ1) is 23.8. The van der Waals surface area contributed by atoms with E-state index in [4.69, 9.17) is 9.47 Å². The highest BCUT2D eigenvalue weighted by Gasteiger charge is 2.35. The number of benzene rings is 2. The number of amides is 3. The van der Waals surface area contributed by atoms with Crippen LogP contribution in [0.5, 0.6) is 5.75 Å². The lowest BCUT2D eigenvalue weighted by atomic mass is 10.1. The summed E-state index contributed by atoms with van der Waals surface area (Å²) in [5.41, 5.74) is 3.52. The Morgan fingerprint density at radius 1 is 1.15 bits per heavy atom. The van der Waals surface area contributed by atoms with Crippen LogP contribution in [0.4, 0.5) is 11.4 Å². The fraction of sp³-hybridized carbons (Fsp3) is 0.423. The number of carbonyl (C=O) groups is 3. The molecule has 0 radical (unpaired) electrons. The highest BCUT2D eigenvalue weighted by Crippen LogP contribution is 2.27. The fourth-order valence-electron chi connectivity index (χ4n) is 4.22. The molecule has 0 aromatic heterocycles. The van der Waals surface area contributed by atoms with Gasteiger partial charge in [-0.2, -0.15) is 0 Å². The molecule has 0 saturated carbocycles. The summed E-state index contributed by atoms with van der Waals surface area (Å²) < 4.78 is 11.1. The van der Waals surface area contributed by atoms with Crippen LogP contribution in [0.3, 0.4) is 0 Å². The molecular weight excluding hydrogens is 434 g/mol. The van der Waals surface area contributed by atoms with Crippen molar-refractivity contribution >= 4 is 29.1 Å². The molecule has 2 saturated heterocycles. The van der Waals surface area contributed by atoms with Gasteiger partial charge in [-0.05, 0) is 68.1 Å². The molecule has 2 aromatic rings. The van der Waals surface area contributed by atoms with Crippen LogP contribution in [-0.2, 0) is 19.1 Å². The summed E-state index contributed by atoms with van der Waals surface area (Å²) in [6.45, 7) is 5.36. The molecule has 2 N–H and O–H groups in total. The molecule has 2 aliphatic heterocycles. The van der Waals surface area contributed by atoms with Crippen molar-refractivity contribution in [2.75, 3.05) is 36.5 Å². The van der Waals surface area contributed by atoms with Crippen LogP contribution in [-0.4, -0.2) is 50.1 Å². The predicted molar refractivity (Wildman–Crippen MR) is 129 cm³/mol. The highest BCUT2D eigenvalue weighted by molar-refractivity contribution is 6.00. The van der Waals surface area contributed by atoms with Crippen LogP contribution < -0.4 is 20.3 Å². The topological polar surface area (TPSA) is 97.0 Å². The van der Waals surface area contributed by atoms with Gasteiger partial charge < -0.3 is 25.0 Å². The number of anilines is 2. The van der Waals surface area contributed by atoms with Gasteiger partial charge in [0, 0.05) is 37.5 Å². The molecule has 34 heavy (non-hydrogen) atoms. The zero-order chi connectivity index (χ0) is 24.1. The van der Waals surface area contributed by atoms with Gasteiger partial charge in [0.2, 0.25) is 11.8 Å². The van der Waals surface area contributed by atoms with Crippen molar-refractivity contribution in [3.05, 3.63) is 53.6 Å². The maximum absolute atomic E-state index is 12.5. The third-order valence-electron chi connectivity index (χ3n) is 6.21. The zero-order valence-electron chi connectivity index (χ0n) is 19.6. The van der Waals surface area contributed by atoms with E-state index in [1.807, 2.05) is 32.0 Å². The Kier molecular flexibility index (Phi) is 7.47. The lowest BCUT2D eigenvalue weighted by molar-refractivity contribution is -0.126. The summed E-state index contributed by atoms with van der Waals surface area (Å²) in [6.07, 6.45) is 2.24. The molecule has 2 fully saturated rings. The quantitative estimate of drug-likeness (QED) is 0.625. The third-order valence-corrected chi connectivity index (χ3v) is 6.21. The molecule has 2 heterocycles. The van der Waals surface area contributed by atoms with E-state index >= 15 is 0 Å². The van der Waals surface area contributed by atoms with Gasteiger partial charge in [-0.25, -0.2) is 0 Å². The van der Waals surface area contributed by atoms with Crippen molar-refractivity contribution < 1.29 is 23.9 Å². The first-order chi connectivity index (χ1) is 16.4. The minimum Gasteiger partial charge on any atom is -0.484 e. The molecule has 2 aliphatic rings. The molecule has 8 nitrogen and oxygen atoms in total. The van der Waals surface area contributed by atoms with Gasteiger partial charge in [-0.15, -0.1) is 0 Å². The summed E-state index contributed by atoms with van der Waals surface area (Å²) in [5.74, 6) is -0.291. The Morgan fingerprint density at radius 3 is 2.68 bits per heavy atom. The van der Waals surface area contributed by atoms with E-state index in [9.17, 15) is 14.4 Å². The van der Waals surface area contributed by atoms with Gasteiger partial charge in [0.25, 0.3) is 5.91 Å². The molecule has 180 valence electrons. The average Bonchev–Trinajstić information content (AvgIpc) is 3.49. The Labute approximate surface area is 199 Å². The smallest absolute Gasteiger partial charge is 0.262 e. The van der Waals surface area contributed by atoms with Gasteiger partial charge in [0.1, 0.15) is 5.75 Å². The van der Waals surface area contributed by atoms with E-state index in [0.29, 0.717) is 24.5 Å². The Balaban J connectivity index is 1.26. The lowest BCUT2D eigenvalue weighted by Crippen LogP contribution is -2.37. The third kappa shape index (κ3) is 5.94. The van der Waals surface area contributed by atoms with Crippen molar-refractivity contribution in [3.8, 4) is 5.75 Å². The number of carbonyl (C=O) groups excluding carboxylic acids is 3.